The molecule has 0 saturated carbocycles. The van der Waals surface area contributed by atoms with Gasteiger partial charge in [-0.05, 0) is 36.4 Å². The number of Topliss-reactive ketones (excluding diaryl/α,β-unsaturated/α-hetero) is 1. The molecule has 188 valence electrons. The molecule has 4 rings (SSSR count). The quantitative estimate of drug-likeness (QED) is 0.213. The average molecular weight is 532 g/mol. The van der Waals surface area contributed by atoms with Crippen LogP contribution in [-0.2, 0) is 10.0 Å². The van der Waals surface area contributed by atoms with Crippen LogP contribution in [0.1, 0.15) is 29.8 Å². The highest BCUT2D eigenvalue weighted by Gasteiger charge is 2.24. The van der Waals surface area contributed by atoms with E-state index in [1.54, 1.807) is 62.4 Å². The fourth-order valence-electron chi connectivity index (χ4n) is 3.81. The van der Waals surface area contributed by atoms with Crippen LogP contribution < -0.4 is 0 Å². The Labute approximate surface area is 220 Å². The molecule has 0 spiro atoms. The highest BCUT2D eigenvalue weighted by atomic mass is 32.2. The second-order valence-corrected chi connectivity index (χ2v) is 10.9. The van der Waals surface area contributed by atoms with Gasteiger partial charge < -0.3 is 0 Å². The molecule has 0 aliphatic heterocycles. The van der Waals surface area contributed by atoms with Gasteiger partial charge in [0.05, 0.1) is 22.3 Å². The molecule has 1 heterocycles. The van der Waals surface area contributed by atoms with Crippen molar-refractivity contribution in [2.24, 2.45) is 0 Å². The van der Waals surface area contributed by atoms with E-state index in [4.69, 9.17) is 5.26 Å². The molecule has 4 aromatic rings. The topological polar surface area (TPSA) is 109 Å². The van der Waals surface area contributed by atoms with Crippen molar-refractivity contribution < 1.29 is 13.2 Å². The van der Waals surface area contributed by atoms with Gasteiger partial charge in [0.1, 0.15) is 0 Å². The number of hydrogen-bond acceptors (Lipinski definition) is 7. The van der Waals surface area contributed by atoms with Gasteiger partial charge in [-0.2, -0.15) is 9.57 Å². The Hall–Kier alpha value is -3.78. The number of aromatic nitrogens is 3. The first-order chi connectivity index (χ1) is 17.9. The van der Waals surface area contributed by atoms with Gasteiger partial charge in [-0.1, -0.05) is 68.1 Å². The Morgan fingerprint density at radius 1 is 0.973 bits per heavy atom. The molecular formula is C27H25N5O3S2. The van der Waals surface area contributed by atoms with Crippen molar-refractivity contribution in [2.45, 2.75) is 23.9 Å². The van der Waals surface area contributed by atoms with Crippen LogP contribution in [0.25, 0.3) is 17.1 Å². The van der Waals surface area contributed by atoms with Crippen LogP contribution in [-0.4, -0.2) is 52.1 Å². The molecule has 37 heavy (non-hydrogen) atoms. The molecule has 0 amide bonds. The lowest BCUT2D eigenvalue weighted by Crippen LogP contribution is -2.30. The molecular weight excluding hydrogens is 506 g/mol. The Morgan fingerprint density at radius 3 is 2.32 bits per heavy atom. The van der Waals surface area contributed by atoms with E-state index in [-0.39, 0.29) is 16.4 Å². The predicted molar refractivity (Wildman–Crippen MR) is 143 cm³/mol. The summed E-state index contributed by atoms with van der Waals surface area (Å²) in [6, 6.07) is 24.7. The van der Waals surface area contributed by atoms with Gasteiger partial charge in [0.25, 0.3) is 0 Å². The fraction of sp³-hybridized carbons (Fsp3) is 0.185. The number of nitrogens with zero attached hydrogens (tertiary/aromatic N) is 5. The summed E-state index contributed by atoms with van der Waals surface area (Å²) in [6.45, 7) is 4.36. The van der Waals surface area contributed by atoms with E-state index in [0.717, 1.165) is 5.69 Å². The van der Waals surface area contributed by atoms with Crippen LogP contribution in [0.3, 0.4) is 0 Å². The lowest BCUT2D eigenvalue weighted by molar-refractivity contribution is 0.102. The first kappa shape index (κ1) is 26.3. The van der Waals surface area contributed by atoms with Crippen molar-refractivity contribution in [3.8, 4) is 23.1 Å². The first-order valence-corrected chi connectivity index (χ1v) is 14.1. The molecule has 0 atom stereocenters. The second kappa shape index (κ2) is 11.5. The van der Waals surface area contributed by atoms with Crippen LogP contribution in [0.5, 0.6) is 0 Å². The van der Waals surface area contributed by atoms with E-state index in [9.17, 15) is 13.2 Å². The Balaban J connectivity index is 1.70. The minimum atomic E-state index is -3.65. The van der Waals surface area contributed by atoms with Gasteiger partial charge in [0.15, 0.2) is 16.8 Å². The lowest BCUT2D eigenvalue weighted by atomic mass is 10.1. The number of carbonyl (C=O) groups excluding carboxylic acids is 1. The Kier molecular flexibility index (Phi) is 8.18. The van der Waals surface area contributed by atoms with E-state index < -0.39 is 10.0 Å². The summed E-state index contributed by atoms with van der Waals surface area (Å²) in [7, 11) is -3.65. The number of para-hydroxylation sites is 1. The van der Waals surface area contributed by atoms with Crippen molar-refractivity contribution in [3.05, 3.63) is 90.0 Å². The van der Waals surface area contributed by atoms with Crippen molar-refractivity contribution in [1.29, 1.82) is 5.26 Å². The van der Waals surface area contributed by atoms with Gasteiger partial charge >= 0.3 is 0 Å². The van der Waals surface area contributed by atoms with Gasteiger partial charge in [0, 0.05) is 29.9 Å². The van der Waals surface area contributed by atoms with Crippen LogP contribution in [0.2, 0.25) is 0 Å². The predicted octanol–water partition coefficient (Wildman–Crippen LogP) is 4.81. The highest BCUT2D eigenvalue weighted by molar-refractivity contribution is 7.99. The van der Waals surface area contributed by atoms with Crippen LogP contribution in [0, 0.1) is 11.3 Å². The maximum Gasteiger partial charge on any atom is 0.243 e. The molecule has 0 fully saturated rings. The zero-order chi connectivity index (χ0) is 26.4. The fourth-order valence-corrected chi connectivity index (χ4v) is 6.16. The standard InChI is InChI=1S/C27H25N5O3S2/c1-3-31(4-2)37(34,35)24-12-8-9-22(17-24)26-29-30-27(32(26)23-10-6-5-7-11-23)36-19-25(33)21-15-13-20(18-28)14-16-21/h5-17H,3-4,19H2,1-2H3. The van der Waals surface area contributed by atoms with Crippen LogP contribution >= 0.6 is 11.8 Å². The number of carbonyl (C=O) groups is 1. The number of hydrogen-bond donors (Lipinski definition) is 0. The van der Waals surface area contributed by atoms with Gasteiger partial charge in [0.2, 0.25) is 10.0 Å². The largest absolute Gasteiger partial charge is 0.293 e. The van der Waals surface area contributed by atoms with Gasteiger partial charge in [-0.3, -0.25) is 9.36 Å². The number of thioether (sulfide) groups is 1. The Morgan fingerprint density at radius 2 is 1.68 bits per heavy atom. The van der Waals surface area contributed by atoms with Crippen molar-refractivity contribution in [2.75, 3.05) is 18.8 Å². The molecule has 0 N–H and O–H groups in total. The smallest absolute Gasteiger partial charge is 0.243 e. The minimum absolute atomic E-state index is 0.106. The molecule has 0 saturated heterocycles. The van der Waals surface area contributed by atoms with E-state index in [1.807, 2.05) is 41.0 Å². The normalized spacial score (nSPS) is 11.4. The monoisotopic (exact) mass is 531 g/mol. The van der Waals surface area contributed by atoms with E-state index in [0.29, 0.717) is 40.8 Å². The number of ketones is 1. The van der Waals surface area contributed by atoms with Gasteiger partial charge in [-0.25, -0.2) is 8.42 Å². The van der Waals surface area contributed by atoms with Crippen molar-refractivity contribution in [1.82, 2.24) is 19.1 Å². The summed E-state index contributed by atoms with van der Waals surface area (Å²) >= 11 is 1.24. The summed E-state index contributed by atoms with van der Waals surface area (Å²) in [6.07, 6.45) is 0. The number of benzene rings is 3. The maximum absolute atomic E-state index is 13.1. The molecule has 0 unspecified atom stereocenters. The van der Waals surface area contributed by atoms with Crippen molar-refractivity contribution >= 4 is 27.6 Å². The molecule has 3 aromatic carbocycles. The molecule has 0 radical (unpaired) electrons. The second-order valence-electron chi connectivity index (χ2n) is 8.00. The molecule has 0 aliphatic rings. The summed E-state index contributed by atoms with van der Waals surface area (Å²) in [5.74, 6) is 0.481. The van der Waals surface area contributed by atoms with E-state index >= 15 is 0 Å². The number of nitriles is 1. The average Bonchev–Trinajstić information content (AvgIpc) is 3.37. The SMILES string of the molecule is CCN(CC)S(=O)(=O)c1cccc(-c2nnc(SCC(=O)c3ccc(C#N)cc3)n2-c2ccccc2)c1. The molecule has 0 aliphatic carbocycles. The van der Waals surface area contributed by atoms with E-state index in [1.165, 1.54) is 16.1 Å². The Bertz CT molecular complexity index is 1540. The third-order valence-electron chi connectivity index (χ3n) is 5.75. The third kappa shape index (κ3) is 5.64. The maximum atomic E-state index is 13.1. The molecule has 8 nitrogen and oxygen atoms in total. The minimum Gasteiger partial charge on any atom is -0.293 e. The van der Waals surface area contributed by atoms with E-state index in [2.05, 4.69) is 10.2 Å². The zero-order valence-electron chi connectivity index (χ0n) is 20.4. The number of rotatable bonds is 10. The first-order valence-electron chi connectivity index (χ1n) is 11.7. The highest BCUT2D eigenvalue weighted by Crippen LogP contribution is 2.30. The van der Waals surface area contributed by atoms with Crippen molar-refractivity contribution in [3.63, 3.8) is 0 Å². The number of sulfonamides is 1. The summed E-state index contributed by atoms with van der Waals surface area (Å²) in [5.41, 5.74) is 2.37. The molecule has 1 aromatic heterocycles. The van der Waals surface area contributed by atoms with Crippen LogP contribution in [0.15, 0.2) is 88.9 Å². The summed E-state index contributed by atoms with van der Waals surface area (Å²) in [5, 5.41) is 18.2. The summed E-state index contributed by atoms with van der Waals surface area (Å²) in [4.78, 5) is 13.0. The van der Waals surface area contributed by atoms with Gasteiger partial charge in [-0.15, -0.1) is 10.2 Å². The zero-order valence-corrected chi connectivity index (χ0v) is 22.0. The summed E-state index contributed by atoms with van der Waals surface area (Å²) < 4.78 is 29.5. The third-order valence-corrected chi connectivity index (χ3v) is 8.73. The molecule has 0 bridgehead atoms. The van der Waals surface area contributed by atoms with Crippen LogP contribution in [0.4, 0.5) is 0 Å². The lowest BCUT2D eigenvalue weighted by Gasteiger charge is -2.19. The molecule has 10 heteroatoms.